The minimum atomic E-state index is -1.05. The number of carboxylic acids is 1. The zero-order chi connectivity index (χ0) is 12.4. The van der Waals surface area contributed by atoms with Crippen molar-refractivity contribution in [3.8, 4) is 5.69 Å². The molecule has 1 atom stereocenters. The molecule has 0 aliphatic carbocycles. The maximum atomic E-state index is 10.6. The van der Waals surface area contributed by atoms with Crippen molar-refractivity contribution in [2.45, 2.75) is 12.5 Å². The largest absolute Gasteiger partial charge is 0.480 e. The van der Waals surface area contributed by atoms with Crippen LogP contribution in [0.1, 0.15) is 5.69 Å². The molecular formula is C9H12N6O2. The van der Waals surface area contributed by atoms with Crippen molar-refractivity contribution in [2.75, 3.05) is 0 Å². The van der Waals surface area contributed by atoms with Gasteiger partial charge in [-0.25, -0.2) is 4.68 Å². The molecule has 2 aromatic rings. The Balaban J connectivity index is 2.13. The average molecular weight is 236 g/mol. The van der Waals surface area contributed by atoms with Crippen molar-refractivity contribution in [2.24, 2.45) is 12.8 Å². The minimum Gasteiger partial charge on any atom is -0.480 e. The van der Waals surface area contributed by atoms with E-state index in [0.29, 0.717) is 5.69 Å². The standard InChI is InChI=1S/C9H12N6O2/c1-14-5-7(3-11-14)15-4-6(12-13-15)2-8(10)9(16)17/h3-5,8H,2,10H2,1H3,(H,16,17). The number of carboxylic acid groups (broad SMARTS) is 1. The molecule has 0 aliphatic rings. The summed E-state index contributed by atoms with van der Waals surface area (Å²) in [7, 11) is 1.79. The predicted octanol–water partition coefficient (Wildman–Crippen LogP) is -1.04. The molecule has 2 aromatic heterocycles. The van der Waals surface area contributed by atoms with Crippen molar-refractivity contribution in [1.82, 2.24) is 24.8 Å². The number of nitrogens with two attached hydrogens (primary N) is 1. The number of hydrogen-bond acceptors (Lipinski definition) is 5. The molecule has 0 aromatic carbocycles. The Morgan fingerprint density at radius 2 is 2.35 bits per heavy atom. The Hall–Kier alpha value is -2.22. The molecule has 3 N–H and O–H groups in total. The number of aryl methyl sites for hydroxylation is 1. The van der Waals surface area contributed by atoms with E-state index in [-0.39, 0.29) is 6.42 Å². The first kappa shape index (κ1) is 11.3. The normalized spacial score (nSPS) is 12.6. The Morgan fingerprint density at radius 3 is 2.94 bits per heavy atom. The lowest BCUT2D eigenvalue weighted by molar-refractivity contribution is -0.138. The van der Waals surface area contributed by atoms with Gasteiger partial charge in [0.05, 0.1) is 24.3 Å². The van der Waals surface area contributed by atoms with E-state index in [1.54, 1.807) is 30.3 Å². The van der Waals surface area contributed by atoms with Gasteiger partial charge in [0.15, 0.2) is 0 Å². The molecule has 0 radical (unpaired) electrons. The summed E-state index contributed by atoms with van der Waals surface area (Å²) in [5.41, 5.74) is 6.70. The van der Waals surface area contributed by atoms with Gasteiger partial charge in [0.1, 0.15) is 11.7 Å². The molecule has 0 saturated carbocycles. The van der Waals surface area contributed by atoms with Gasteiger partial charge < -0.3 is 10.8 Å². The van der Waals surface area contributed by atoms with E-state index in [9.17, 15) is 4.79 Å². The van der Waals surface area contributed by atoms with E-state index in [4.69, 9.17) is 10.8 Å². The van der Waals surface area contributed by atoms with Crippen LogP contribution in [0.25, 0.3) is 5.69 Å². The molecule has 0 saturated heterocycles. The summed E-state index contributed by atoms with van der Waals surface area (Å²) in [6.45, 7) is 0. The predicted molar refractivity (Wildman–Crippen MR) is 57.4 cm³/mol. The van der Waals surface area contributed by atoms with Crippen LogP contribution in [0, 0.1) is 0 Å². The monoisotopic (exact) mass is 236 g/mol. The van der Waals surface area contributed by atoms with Crippen LogP contribution in [0.2, 0.25) is 0 Å². The van der Waals surface area contributed by atoms with Crippen molar-refractivity contribution in [1.29, 1.82) is 0 Å². The molecule has 2 rings (SSSR count). The first-order valence-corrected chi connectivity index (χ1v) is 4.95. The lowest BCUT2D eigenvalue weighted by Crippen LogP contribution is -2.32. The van der Waals surface area contributed by atoms with E-state index in [1.165, 1.54) is 4.68 Å². The summed E-state index contributed by atoms with van der Waals surface area (Å²) in [5.74, 6) is -1.05. The van der Waals surface area contributed by atoms with Crippen molar-refractivity contribution in [3.63, 3.8) is 0 Å². The van der Waals surface area contributed by atoms with Gasteiger partial charge in [0.2, 0.25) is 0 Å². The van der Waals surface area contributed by atoms with Crippen LogP contribution in [0.3, 0.4) is 0 Å². The van der Waals surface area contributed by atoms with Crippen molar-refractivity contribution < 1.29 is 9.90 Å². The molecule has 17 heavy (non-hydrogen) atoms. The molecule has 8 nitrogen and oxygen atoms in total. The second-order valence-corrected chi connectivity index (χ2v) is 3.68. The third-order valence-electron chi connectivity index (χ3n) is 2.24. The summed E-state index contributed by atoms with van der Waals surface area (Å²) in [4.78, 5) is 10.6. The molecule has 8 heteroatoms. The zero-order valence-corrected chi connectivity index (χ0v) is 9.19. The number of aliphatic carboxylic acids is 1. The Bertz CT molecular complexity index is 531. The van der Waals surface area contributed by atoms with Gasteiger partial charge in [-0.05, 0) is 0 Å². The number of aromatic nitrogens is 5. The molecule has 0 amide bonds. The quantitative estimate of drug-likeness (QED) is 0.701. The molecule has 90 valence electrons. The van der Waals surface area contributed by atoms with Gasteiger partial charge in [-0.1, -0.05) is 5.21 Å². The highest BCUT2D eigenvalue weighted by atomic mass is 16.4. The van der Waals surface area contributed by atoms with Crippen LogP contribution < -0.4 is 5.73 Å². The fourth-order valence-corrected chi connectivity index (χ4v) is 1.36. The van der Waals surface area contributed by atoms with Crippen LogP contribution >= 0.6 is 0 Å². The lowest BCUT2D eigenvalue weighted by atomic mass is 10.2. The van der Waals surface area contributed by atoms with E-state index in [1.807, 2.05) is 0 Å². The highest BCUT2D eigenvalue weighted by Crippen LogP contribution is 2.05. The van der Waals surface area contributed by atoms with Gasteiger partial charge in [-0.3, -0.25) is 9.48 Å². The van der Waals surface area contributed by atoms with E-state index >= 15 is 0 Å². The highest BCUT2D eigenvalue weighted by molar-refractivity contribution is 5.73. The van der Waals surface area contributed by atoms with Gasteiger partial charge in [-0.2, -0.15) is 5.10 Å². The summed E-state index contributed by atoms with van der Waals surface area (Å²) in [5, 5.41) is 20.4. The summed E-state index contributed by atoms with van der Waals surface area (Å²) < 4.78 is 3.16. The summed E-state index contributed by atoms with van der Waals surface area (Å²) in [6, 6.07) is -0.964. The van der Waals surface area contributed by atoms with Crippen LogP contribution in [-0.4, -0.2) is 41.9 Å². The summed E-state index contributed by atoms with van der Waals surface area (Å²) >= 11 is 0. The fraction of sp³-hybridized carbons (Fsp3) is 0.333. The highest BCUT2D eigenvalue weighted by Gasteiger charge is 2.14. The van der Waals surface area contributed by atoms with E-state index in [2.05, 4.69) is 15.4 Å². The Kier molecular flexibility index (Phi) is 2.88. The van der Waals surface area contributed by atoms with Gasteiger partial charge in [0.25, 0.3) is 0 Å². The molecule has 2 heterocycles. The Labute approximate surface area is 96.6 Å². The number of rotatable bonds is 4. The second kappa shape index (κ2) is 4.34. The van der Waals surface area contributed by atoms with Crippen LogP contribution in [-0.2, 0) is 18.3 Å². The topological polar surface area (TPSA) is 112 Å². The maximum absolute atomic E-state index is 10.6. The smallest absolute Gasteiger partial charge is 0.320 e. The zero-order valence-electron chi connectivity index (χ0n) is 9.19. The van der Waals surface area contributed by atoms with Crippen LogP contribution in [0.15, 0.2) is 18.6 Å². The summed E-state index contributed by atoms with van der Waals surface area (Å²) in [6.07, 6.45) is 5.20. The molecule has 0 fully saturated rings. The SMILES string of the molecule is Cn1cc(-n2cc(CC(N)C(=O)O)nn2)cn1. The van der Waals surface area contributed by atoms with Crippen molar-refractivity contribution >= 4 is 5.97 Å². The van der Waals surface area contributed by atoms with Gasteiger partial charge >= 0.3 is 5.97 Å². The minimum absolute atomic E-state index is 0.148. The second-order valence-electron chi connectivity index (χ2n) is 3.68. The van der Waals surface area contributed by atoms with E-state index < -0.39 is 12.0 Å². The molecule has 0 bridgehead atoms. The van der Waals surface area contributed by atoms with Gasteiger partial charge in [-0.15, -0.1) is 5.10 Å². The fourth-order valence-electron chi connectivity index (χ4n) is 1.36. The molecule has 0 spiro atoms. The number of nitrogens with zero attached hydrogens (tertiary/aromatic N) is 5. The average Bonchev–Trinajstić information content (AvgIpc) is 2.86. The number of hydrogen-bond donors (Lipinski definition) is 2. The number of carbonyl (C=O) groups is 1. The molecular weight excluding hydrogens is 224 g/mol. The lowest BCUT2D eigenvalue weighted by Gasteiger charge is -2.01. The Morgan fingerprint density at radius 1 is 1.59 bits per heavy atom. The maximum Gasteiger partial charge on any atom is 0.320 e. The first-order valence-electron chi connectivity index (χ1n) is 4.95. The van der Waals surface area contributed by atoms with Crippen LogP contribution in [0.5, 0.6) is 0 Å². The van der Waals surface area contributed by atoms with E-state index in [0.717, 1.165) is 5.69 Å². The third-order valence-corrected chi connectivity index (χ3v) is 2.24. The third kappa shape index (κ3) is 2.48. The molecule has 1 unspecified atom stereocenters. The molecule has 0 aliphatic heterocycles. The van der Waals surface area contributed by atoms with Crippen LogP contribution in [0.4, 0.5) is 0 Å². The van der Waals surface area contributed by atoms with Crippen molar-refractivity contribution in [3.05, 3.63) is 24.3 Å². The van der Waals surface area contributed by atoms with Gasteiger partial charge in [0, 0.05) is 13.5 Å². The first-order chi connectivity index (χ1) is 8.06.